The lowest BCUT2D eigenvalue weighted by molar-refractivity contribution is 0.0520. The Labute approximate surface area is 113 Å². The summed E-state index contributed by atoms with van der Waals surface area (Å²) in [5.74, 6) is 0.292. The van der Waals surface area contributed by atoms with Crippen LogP contribution in [0.3, 0.4) is 0 Å². The van der Waals surface area contributed by atoms with Gasteiger partial charge in [-0.1, -0.05) is 0 Å². The number of esters is 1. The van der Waals surface area contributed by atoms with Gasteiger partial charge < -0.3 is 9.14 Å². The van der Waals surface area contributed by atoms with E-state index in [2.05, 4.69) is 27.0 Å². The van der Waals surface area contributed by atoms with E-state index in [0.717, 1.165) is 10.1 Å². The number of carbonyl (C=O) groups is 1. The first-order valence-corrected chi connectivity index (χ1v) is 6.83. The lowest BCUT2D eigenvalue weighted by atomic mass is 10.2. The quantitative estimate of drug-likeness (QED) is 0.818. The minimum atomic E-state index is -0.374. The summed E-state index contributed by atoms with van der Waals surface area (Å²) in [7, 11) is 0. The van der Waals surface area contributed by atoms with Crippen molar-refractivity contribution in [1.29, 1.82) is 0 Å². The van der Waals surface area contributed by atoms with Crippen LogP contribution in [0.1, 0.15) is 41.7 Å². The average molecular weight is 309 g/mol. The zero-order valence-electron chi connectivity index (χ0n) is 10.0. The molecular formula is C13H13BrN2O2. The molecule has 2 heterocycles. The van der Waals surface area contributed by atoms with Gasteiger partial charge in [0.05, 0.1) is 11.1 Å². The summed E-state index contributed by atoms with van der Waals surface area (Å²) in [4.78, 5) is 15.9. The number of pyridine rings is 1. The van der Waals surface area contributed by atoms with Crippen LogP contribution in [0.25, 0.3) is 5.65 Å². The molecule has 1 aliphatic rings. The van der Waals surface area contributed by atoms with E-state index < -0.39 is 0 Å². The van der Waals surface area contributed by atoms with Gasteiger partial charge in [0, 0.05) is 12.4 Å². The number of aromatic nitrogens is 2. The summed E-state index contributed by atoms with van der Waals surface area (Å²) >= 11 is 3.51. The molecule has 1 fully saturated rings. The van der Waals surface area contributed by atoms with E-state index in [9.17, 15) is 4.79 Å². The first-order chi connectivity index (χ1) is 8.69. The van der Waals surface area contributed by atoms with Crippen LogP contribution >= 0.6 is 15.9 Å². The van der Waals surface area contributed by atoms with Crippen LogP contribution in [0.15, 0.2) is 22.9 Å². The Morgan fingerprint density at radius 3 is 3.00 bits per heavy atom. The third kappa shape index (κ3) is 2.03. The number of rotatable bonds is 3. The molecule has 94 valence electrons. The second-order valence-electron chi connectivity index (χ2n) is 4.47. The Balaban J connectivity index is 2.05. The van der Waals surface area contributed by atoms with Gasteiger partial charge in [-0.25, -0.2) is 9.78 Å². The van der Waals surface area contributed by atoms with Crippen molar-refractivity contribution >= 4 is 27.5 Å². The van der Waals surface area contributed by atoms with Crippen molar-refractivity contribution in [2.45, 2.75) is 25.7 Å². The fourth-order valence-electron chi connectivity index (χ4n) is 2.02. The molecule has 0 atom stereocenters. The topological polar surface area (TPSA) is 43.6 Å². The summed E-state index contributed by atoms with van der Waals surface area (Å²) < 4.78 is 7.77. The number of nitrogens with zero attached hydrogens (tertiary/aromatic N) is 2. The van der Waals surface area contributed by atoms with Crippen LogP contribution in [0, 0.1) is 0 Å². The van der Waals surface area contributed by atoms with E-state index in [0.29, 0.717) is 18.2 Å². The van der Waals surface area contributed by atoms with Crippen molar-refractivity contribution < 1.29 is 9.53 Å². The van der Waals surface area contributed by atoms with Crippen molar-refractivity contribution in [2.75, 3.05) is 6.61 Å². The Morgan fingerprint density at radius 2 is 2.33 bits per heavy atom. The number of halogens is 1. The average Bonchev–Trinajstić information content (AvgIpc) is 3.09. The molecule has 1 aliphatic carbocycles. The summed E-state index contributed by atoms with van der Waals surface area (Å²) in [5.41, 5.74) is 2.40. The molecule has 1 saturated carbocycles. The van der Waals surface area contributed by atoms with Crippen molar-refractivity contribution in [3.63, 3.8) is 0 Å². The molecule has 2 aromatic rings. The zero-order valence-corrected chi connectivity index (χ0v) is 11.6. The van der Waals surface area contributed by atoms with E-state index in [-0.39, 0.29) is 5.97 Å². The maximum Gasteiger partial charge on any atom is 0.358 e. The predicted molar refractivity (Wildman–Crippen MR) is 70.8 cm³/mol. The van der Waals surface area contributed by atoms with Gasteiger partial charge >= 0.3 is 5.97 Å². The maximum atomic E-state index is 11.6. The highest BCUT2D eigenvalue weighted by atomic mass is 79.9. The minimum Gasteiger partial charge on any atom is -0.461 e. The van der Waals surface area contributed by atoms with Crippen LogP contribution < -0.4 is 0 Å². The van der Waals surface area contributed by atoms with Crippen molar-refractivity contribution in [3.8, 4) is 0 Å². The van der Waals surface area contributed by atoms with Crippen molar-refractivity contribution in [2.24, 2.45) is 0 Å². The Kier molecular flexibility index (Phi) is 2.86. The van der Waals surface area contributed by atoms with Crippen molar-refractivity contribution in [1.82, 2.24) is 9.38 Å². The number of fused-ring (bicyclic) bond motifs is 1. The lowest BCUT2D eigenvalue weighted by Gasteiger charge is -2.01. The van der Waals surface area contributed by atoms with Gasteiger partial charge in [-0.2, -0.15) is 0 Å². The van der Waals surface area contributed by atoms with E-state index >= 15 is 0 Å². The Morgan fingerprint density at radius 1 is 1.56 bits per heavy atom. The smallest absolute Gasteiger partial charge is 0.358 e. The molecule has 0 aromatic carbocycles. The molecule has 0 N–H and O–H groups in total. The standard InChI is InChI=1S/C13H13BrN2O2/c1-2-18-13(17)11-7-16-6-9(8-3-4-8)5-10(14)12(16)15-11/h5-8H,2-4H2,1H3. The van der Waals surface area contributed by atoms with Gasteiger partial charge in [0.1, 0.15) is 0 Å². The minimum absolute atomic E-state index is 0.352. The predicted octanol–water partition coefficient (Wildman–Crippen LogP) is 3.15. The van der Waals surface area contributed by atoms with E-state index in [1.807, 2.05) is 10.6 Å². The largest absolute Gasteiger partial charge is 0.461 e. The molecule has 0 amide bonds. The molecule has 5 heteroatoms. The fourth-order valence-corrected chi connectivity index (χ4v) is 2.58. The number of hydrogen-bond donors (Lipinski definition) is 0. The summed E-state index contributed by atoms with van der Waals surface area (Å²) in [6.07, 6.45) is 6.27. The Bertz CT molecular complexity index is 617. The number of carbonyl (C=O) groups excluding carboxylic acids is 1. The van der Waals surface area contributed by atoms with Crippen LogP contribution in [0.5, 0.6) is 0 Å². The molecule has 4 nitrogen and oxygen atoms in total. The highest BCUT2D eigenvalue weighted by Crippen LogP contribution is 2.41. The van der Waals surface area contributed by atoms with Gasteiger partial charge in [0.25, 0.3) is 0 Å². The van der Waals surface area contributed by atoms with Gasteiger partial charge in [-0.3, -0.25) is 0 Å². The molecule has 0 spiro atoms. The van der Waals surface area contributed by atoms with Gasteiger partial charge in [-0.15, -0.1) is 0 Å². The summed E-state index contributed by atoms with van der Waals surface area (Å²) in [6.45, 7) is 2.15. The highest BCUT2D eigenvalue weighted by molar-refractivity contribution is 9.10. The van der Waals surface area contributed by atoms with Gasteiger partial charge in [0.15, 0.2) is 11.3 Å². The summed E-state index contributed by atoms with van der Waals surface area (Å²) in [5, 5.41) is 0. The third-order valence-electron chi connectivity index (χ3n) is 3.06. The fraction of sp³-hybridized carbons (Fsp3) is 0.385. The summed E-state index contributed by atoms with van der Waals surface area (Å²) in [6, 6.07) is 2.09. The number of ether oxygens (including phenoxy) is 1. The molecule has 18 heavy (non-hydrogen) atoms. The van der Waals surface area contributed by atoms with Crippen molar-refractivity contribution in [3.05, 3.63) is 34.2 Å². The number of hydrogen-bond acceptors (Lipinski definition) is 3. The maximum absolute atomic E-state index is 11.6. The van der Waals surface area contributed by atoms with Gasteiger partial charge in [-0.05, 0) is 53.2 Å². The second-order valence-corrected chi connectivity index (χ2v) is 5.33. The van der Waals surface area contributed by atoms with Crippen LogP contribution in [-0.2, 0) is 4.74 Å². The first-order valence-electron chi connectivity index (χ1n) is 6.04. The third-order valence-corrected chi connectivity index (χ3v) is 3.64. The van der Waals surface area contributed by atoms with Gasteiger partial charge in [0.2, 0.25) is 0 Å². The van der Waals surface area contributed by atoms with E-state index in [1.54, 1.807) is 13.1 Å². The highest BCUT2D eigenvalue weighted by Gasteiger charge is 2.25. The van der Waals surface area contributed by atoms with E-state index in [1.165, 1.54) is 18.4 Å². The molecule has 0 unspecified atom stereocenters. The SMILES string of the molecule is CCOC(=O)c1cn2cc(C3CC3)cc(Br)c2n1. The molecule has 0 saturated heterocycles. The molecule has 0 radical (unpaired) electrons. The molecule has 3 rings (SSSR count). The van der Waals surface area contributed by atoms with Crippen LogP contribution in [-0.4, -0.2) is 22.0 Å². The first kappa shape index (κ1) is 11.7. The molecule has 0 aliphatic heterocycles. The Hall–Kier alpha value is -1.36. The molecule has 0 bridgehead atoms. The second kappa shape index (κ2) is 4.39. The molecule has 2 aromatic heterocycles. The van der Waals surface area contributed by atoms with Crippen LogP contribution in [0.2, 0.25) is 0 Å². The normalized spacial score (nSPS) is 15.0. The number of imidazole rings is 1. The van der Waals surface area contributed by atoms with E-state index in [4.69, 9.17) is 4.74 Å². The van der Waals surface area contributed by atoms with Crippen LogP contribution in [0.4, 0.5) is 0 Å². The monoisotopic (exact) mass is 308 g/mol. The lowest BCUT2D eigenvalue weighted by Crippen LogP contribution is -2.04. The molecular weight excluding hydrogens is 296 g/mol. The zero-order chi connectivity index (χ0) is 12.7.